The van der Waals surface area contributed by atoms with E-state index < -0.39 is 0 Å². The number of rotatable bonds is 4. The van der Waals surface area contributed by atoms with E-state index in [1.54, 1.807) is 0 Å². The van der Waals surface area contributed by atoms with E-state index in [0.717, 1.165) is 23.7 Å². The number of hydrogen-bond donors (Lipinski definition) is 0. The minimum absolute atomic E-state index is 0.0444. The van der Waals surface area contributed by atoms with E-state index in [1.807, 2.05) is 41.1 Å². The maximum absolute atomic E-state index is 12.5. The smallest absolute Gasteiger partial charge is 0.253 e. The Morgan fingerprint density at radius 1 is 1.26 bits per heavy atom. The third-order valence-electron chi connectivity index (χ3n) is 4.82. The Balaban J connectivity index is 1.92. The Bertz CT molecular complexity index is 551. The van der Waals surface area contributed by atoms with Gasteiger partial charge in [0.1, 0.15) is 0 Å². The van der Waals surface area contributed by atoms with Crippen molar-refractivity contribution in [3.8, 4) is 0 Å². The highest BCUT2D eigenvalue weighted by atomic mass is 79.9. The van der Waals surface area contributed by atoms with Crippen molar-refractivity contribution in [1.29, 1.82) is 0 Å². The van der Waals surface area contributed by atoms with Crippen LogP contribution in [0.3, 0.4) is 0 Å². The molecule has 1 aliphatic heterocycles. The molecule has 0 aliphatic carbocycles. The summed E-state index contributed by atoms with van der Waals surface area (Å²) < 4.78 is 0.964. The van der Waals surface area contributed by atoms with Gasteiger partial charge in [0.25, 0.3) is 5.91 Å². The van der Waals surface area contributed by atoms with Crippen LogP contribution in [-0.4, -0.2) is 47.8 Å². The number of nitrogens with zero attached hydrogens (tertiary/aromatic N) is 2. The first-order valence-electron chi connectivity index (χ1n) is 8.25. The molecule has 4 nitrogen and oxygen atoms in total. The van der Waals surface area contributed by atoms with E-state index in [9.17, 15) is 9.59 Å². The summed E-state index contributed by atoms with van der Waals surface area (Å²) in [5, 5.41) is 0. The quantitative estimate of drug-likeness (QED) is 0.800. The molecule has 0 spiro atoms. The van der Waals surface area contributed by atoms with Gasteiger partial charge in [0, 0.05) is 42.1 Å². The molecule has 1 aromatic rings. The summed E-state index contributed by atoms with van der Waals surface area (Å²) in [4.78, 5) is 28.7. The summed E-state index contributed by atoms with van der Waals surface area (Å²) in [6, 6.07) is 7.69. The minimum Gasteiger partial charge on any atom is -0.343 e. The van der Waals surface area contributed by atoms with Gasteiger partial charge in [0.15, 0.2) is 0 Å². The lowest BCUT2D eigenvalue weighted by Crippen LogP contribution is -2.45. The number of carbonyl (C=O) groups is 2. The van der Waals surface area contributed by atoms with Crippen molar-refractivity contribution in [3.63, 3.8) is 0 Å². The molecule has 1 unspecified atom stereocenters. The lowest BCUT2D eigenvalue weighted by molar-refractivity contribution is -0.137. The third-order valence-corrected chi connectivity index (χ3v) is 5.35. The van der Waals surface area contributed by atoms with Gasteiger partial charge in [0.2, 0.25) is 5.91 Å². The molecule has 0 aromatic heterocycles. The number of hydrogen-bond acceptors (Lipinski definition) is 2. The predicted octanol–water partition coefficient (Wildman–Crippen LogP) is 3.56. The van der Waals surface area contributed by atoms with Crippen LogP contribution in [0.5, 0.6) is 0 Å². The van der Waals surface area contributed by atoms with Crippen molar-refractivity contribution in [2.24, 2.45) is 5.92 Å². The van der Waals surface area contributed by atoms with E-state index in [0.29, 0.717) is 18.7 Å². The molecule has 1 aromatic carbocycles. The van der Waals surface area contributed by atoms with Gasteiger partial charge in [-0.05, 0) is 50.5 Å². The Kier molecular flexibility index (Phi) is 6.22. The molecule has 0 radical (unpaired) electrons. The largest absolute Gasteiger partial charge is 0.343 e. The highest BCUT2D eigenvalue weighted by molar-refractivity contribution is 9.10. The summed E-state index contributed by atoms with van der Waals surface area (Å²) in [5.74, 6) is 0.316. The first kappa shape index (κ1) is 18.0. The van der Waals surface area contributed by atoms with Gasteiger partial charge in [0.05, 0.1) is 0 Å². The number of benzene rings is 1. The van der Waals surface area contributed by atoms with Crippen LogP contribution in [0, 0.1) is 5.92 Å². The van der Waals surface area contributed by atoms with Crippen LogP contribution in [0.25, 0.3) is 0 Å². The van der Waals surface area contributed by atoms with Crippen molar-refractivity contribution in [2.75, 3.05) is 20.1 Å². The van der Waals surface area contributed by atoms with Gasteiger partial charge in [-0.2, -0.15) is 0 Å². The zero-order valence-corrected chi connectivity index (χ0v) is 15.7. The molecule has 0 N–H and O–H groups in total. The SMILES string of the molecule is CCC(C)N(C)C(=O)C1CCN(C(=O)c2ccc(Br)cc2)CC1. The second-order valence-electron chi connectivity index (χ2n) is 6.28. The summed E-state index contributed by atoms with van der Waals surface area (Å²) in [6.07, 6.45) is 2.47. The summed E-state index contributed by atoms with van der Waals surface area (Å²) in [7, 11) is 1.88. The summed E-state index contributed by atoms with van der Waals surface area (Å²) >= 11 is 3.38. The average molecular weight is 381 g/mol. The molecule has 0 saturated carbocycles. The number of amides is 2. The van der Waals surface area contributed by atoms with Crippen molar-refractivity contribution >= 4 is 27.7 Å². The van der Waals surface area contributed by atoms with Crippen LogP contribution in [0.4, 0.5) is 0 Å². The van der Waals surface area contributed by atoms with Crippen LogP contribution >= 0.6 is 15.9 Å². The molecule has 2 amide bonds. The highest BCUT2D eigenvalue weighted by Crippen LogP contribution is 2.22. The van der Waals surface area contributed by atoms with Crippen molar-refractivity contribution in [3.05, 3.63) is 34.3 Å². The van der Waals surface area contributed by atoms with Gasteiger partial charge >= 0.3 is 0 Å². The first-order valence-corrected chi connectivity index (χ1v) is 9.04. The lowest BCUT2D eigenvalue weighted by atomic mass is 9.94. The molecule has 23 heavy (non-hydrogen) atoms. The van der Waals surface area contributed by atoms with Crippen LogP contribution < -0.4 is 0 Å². The molecule has 2 rings (SSSR count). The second kappa shape index (κ2) is 7.95. The maximum Gasteiger partial charge on any atom is 0.253 e. The Labute approximate surface area is 147 Å². The fraction of sp³-hybridized carbons (Fsp3) is 0.556. The van der Waals surface area contributed by atoms with E-state index in [-0.39, 0.29) is 23.8 Å². The maximum atomic E-state index is 12.5. The van der Waals surface area contributed by atoms with Crippen molar-refractivity contribution < 1.29 is 9.59 Å². The molecule has 1 heterocycles. The fourth-order valence-electron chi connectivity index (χ4n) is 2.88. The van der Waals surface area contributed by atoms with Gasteiger partial charge in [-0.3, -0.25) is 9.59 Å². The number of piperidine rings is 1. The van der Waals surface area contributed by atoms with Crippen LogP contribution in [0.1, 0.15) is 43.5 Å². The van der Waals surface area contributed by atoms with E-state index in [1.165, 1.54) is 0 Å². The van der Waals surface area contributed by atoms with Gasteiger partial charge in [-0.25, -0.2) is 0 Å². The van der Waals surface area contributed by atoms with Crippen molar-refractivity contribution in [2.45, 2.75) is 39.2 Å². The van der Waals surface area contributed by atoms with E-state index in [2.05, 4.69) is 29.8 Å². The number of halogens is 1. The van der Waals surface area contributed by atoms with Crippen LogP contribution in [0.15, 0.2) is 28.7 Å². The van der Waals surface area contributed by atoms with E-state index in [4.69, 9.17) is 0 Å². The minimum atomic E-state index is 0.0444. The Morgan fingerprint density at radius 2 is 1.83 bits per heavy atom. The number of likely N-dealkylation sites (tertiary alicyclic amines) is 1. The molecule has 0 bridgehead atoms. The molecule has 5 heteroatoms. The molecular weight excluding hydrogens is 356 g/mol. The van der Waals surface area contributed by atoms with Crippen molar-refractivity contribution in [1.82, 2.24) is 9.80 Å². The molecule has 126 valence electrons. The second-order valence-corrected chi connectivity index (χ2v) is 7.20. The van der Waals surface area contributed by atoms with E-state index >= 15 is 0 Å². The molecule has 1 saturated heterocycles. The fourth-order valence-corrected chi connectivity index (χ4v) is 3.15. The lowest BCUT2D eigenvalue weighted by Gasteiger charge is -2.34. The average Bonchev–Trinajstić information content (AvgIpc) is 2.60. The normalized spacial score (nSPS) is 17.0. The standard InChI is InChI=1S/C18H25BrN2O2/c1-4-13(2)20(3)17(22)15-9-11-21(12-10-15)18(23)14-5-7-16(19)8-6-14/h5-8,13,15H,4,9-12H2,1-3H3. The highest BCUT2D eigenvalue weighted by Gasteiger charge is 2.30. The topological polar surface area (TPSA) is 40.6 Å². The zero-order chi connectivity index (χ0) is 17.0. The monoisotopic (exact) mass is 380 g/mol. The summed E-state index contributed by atoms with van der Waals surface area (Å²) in [5.41, 5.74) is 0.703. The van der Waals surface area contributed by atoms with Crippen LogP contribution in [0.2, 0.25) is 0 Å². The number of carbonyl (C=O) groups excluding carboxylic acids is 2. The predicted molar refractivity (Wildman–Crippen MR) is 95.3 cm³/mol. The molecule has 1 aliphatic rings. The Hall–Kier alpha value is -1.36. The van der Waals surface area contributed by atoms with Gasteiger partial charge in [-0.15, -0.1) is 0 Å². The first-order chi connectivity index (χ1) is 10.9. The molecular formula is C18H25BrN2O2. The zero-order valence-electron chi connectivity index (χ0n) is 14.1. The summed E-state index contributed by atoms with van der Waals surface area (Å²) in [6.45, 7) is 5.47. The van der Waals surface area contributed by atoms with Crippen LogP contribution in [-0.2, 0) is 4.79 Å². The van der Waals surface area contributed by atoms with Gasteiger partial charge < -0.3 is 9.80 Å². The molecule has 1 fully saturated rings. The third kappa shape index (κ3) is 4.34. The molecule has 1 atom stereocenters. The Morgan fingerprint density at radius 3 is 2.35 bits per heavy atom. The van der Waals surface area contributed by atoms with Gasteiger partial charge in [-0.1, -0.05) is 22.9 Å².